The molecule has 1 saturated heterocycles. The second-order valence-electron chi connectivity index (χ2n) is 3.89. The lowest BCUT2D eigenvalue weighted by molar-refractivity contribution is -0.124. The van der Waals surface area contributed by atoms with Crippen LogP contribution in [-0.2, 0) is 4.79 Å². The molecule has 0 radical (unpaired) electrons. The second-order valence-corrected chi connectivity index (χ2v) is 3.89. The third-order valence-electron chi connectivity index (χ3n) is 2.47. The van der Waals surface area contributed by atoms with Crippen LogP contribution in [0.25, 0.3) is 0 Å². The highest BCUT2D eigenvalue weighted by Gasteiger charge is 2.27. The molecule has 0 aromatic rings. The van der Waals surface area contributed by atoms with E-state index in [1.807, 2.05) is 0 Å². The smallest absolute Gasteiger partial charge is 0.324 e. The van der Waals surface area contributed by atoms with E-state index in [0.29, 0.717) is 18.5 Å². The molecule has 17 heavy (non-hydrogen) atoms. The molecule has 2 fully saturated rings. The summed E-state index contributed by atoms with van der Waals surface area (Å²) in [5.74, 6) is 0.170. The lowest BCUT2D eigenvalue weighted by Crippen LogP contribution is -2.36. The molecule has 0 bridgehead atoms. The largest absolute Gasteiger partial charge is 0.370 e. The van der Waals surface area contributed by atoms with Crippen LogP contribution in [0.2, 0.25) is 0 Å². The Morgan fingerprint density at radius 3 is 2.76 bits per heavy atom. The molecule has 1 aliphatic heterocycles. The fourth-order valence-corrected chi connectivity index (χ4v) is 1.43. The van der Waals surface area contributed by atoms with Gasteiger partial charge in [-0.2, -0.15) is 0 Å². The standard InChI is InChI=1S/C9H15N5O2.HI/c10-8(13-6-1-2-6)11-3-4-14-7(15)5-12-9(14)16;/h6H,1-5H2,(H,12,16)(H3,10,11,13);1H. The maximum absolute atomic E-state index is 11.2. The number of carbonyl (C=O) groups is 2. The van der Waals surface area contributed by atoms with Crippen molar-refractivity contribution in [3.05, 3.63) is 0 Å². The predicted molar refractivity (Wildman–Crippen MR) is 73.2 cm³/mol. The number of halogens is 1. The van der Waals surface area contributed by atoms with Gasteiger partial charge in [-0.1, -0.05) is 0 Å². The SMILES string of the molecule is I.NC(=NCCN1C(=O)CNC1=O)NC1CC1. The molecule has 3 amide bonds. The number of nitrogens with zero attached hydrogens (tertiary/aromatic N) is 2. The fraction of sp³-hybridized carbons (Fsp3) is 0.667. The van der Waals surface area contributed by atoms with E-state index in [9.17, 15) is 9.59 Å². The van der Waals surface area contributed by atoms with E-state index in [0.717, 1.165) is 17.7 Å². The predicted octanol–water partition coefficient (Wildman–Crippen LogP) is -0.777. The molecule has 0 spiro atoms. The molecule has 2 aliphatic rings. The molecule has 4 N–H and O–H groups in total. The van der Waals surface area contributed by atoms with E-state index in [1.165, 1.54) is 0 Å². The van der Waals surface area contributed by atoms with Crippen LogP contribution in [0.3, 0.4) is 0 Å². The highest BCUT2D eigenvalue weighted by atomic mass is 127. The van der Waals surface area contributed by atoms with Crippen LogP contribution in [0.4, 0.5) is 4.79 Å². The summed E-state index contributed by atoms with van der Waals surface area (Å²) >= 11 is 0. The molecule has 1 heterocycles. The molecule has 0 unspecified atom stereocenters. The number of urea groups is 1. The van der Waals surface area contributed by atoms with Gasteiger partial charge in [0.15, 0.2) is 5.96 Å². The normalized spacial score (nSPS) is 20.0. The molecule has 1 saturated carbocycles. The number of nitrogens with one attached hydrogen (secondary N) is 2. The van der Waals surface area contributed by atoms with Gasteiger partial charge in [0.25, 0.3) is 0 Å². The maximum atomic E-state index is 11.2. The lowest BCUT2D eigenvalue weighted by atomic mass is 10.5. The van der Waals surface area contributed by atoms with E-state index in [4.69, 9.17) is 5.73 Å². The zero-order valence-corrected chi connectivity index (χ0v) is 11.6. The molecule has 1 aliphatic carbocycles. The first kappa shape index (κ1) is 14.0. The topological polar surface area (TPSA) is 99.8 Å². The quantitative estimate of drug-likeness (QED) is 0.267. The van der Waals surface area contributed by atoms with Crippen LogP contribution in [0.1, 0.15) is 12.8 Å². The van der Waals surface area contributed by atoms with E-state index in [2.05, 4.69) is 15.6 Å². The summed E-state index contributed by atoms with van der Waals surface area (Å²) < 4.78 is 0. The Balaban J connectivity index is 0.00000144. The Kier molecular flexibility index (Phi) is 4.97. The number of guanidine groups is 1. The van der Waals surface area contributed by atoms with Crippen LogP contribution in [0.5, 0.6) is 0 Å². The molecular formula is C9H16IN5O2. The number of rotatable bonds is 4. The number of imide groups is 1. The van der Waals surface area contributed by atoms with Gasteiger partial charge in [-0.15, -0.1) is 24.0 Å². The zero-order valence-electron chi connectivity index (χ0n) is 9.31. The summed E-state index contributed by atoms with van der Waals surface area (Å²) in [5.41, 5.74) is 5.60. The zero-order chi connectivity index (χ0) is 11.5. The molecule has 0 aromatic heterocycles. The lowest BCUT2D eigenvalue weighted by Gasteiger charge is -2.10. The highest BCUT2D eigenvalue weighted by molar-refractivity contribution is 14.0. The van der Waals surface area contributed by atoms with Crippen molar-refractivity contribution in [2.75, 3.05) is 19.6 Å². The Labute approximate surface area is 116 Å². The van der Waals surface area contributed by atoms with Crippen LogP contribution < -0.4 is 16.4 Å². The Hall–Kier alpha value is -1.06. The Bertz CT molecular complexity index is 326. The van der Waals surface area contributed by atoms with Crippen molar-refractivity contribution in [2.24, 2.45) is 10.7 Å². The third-order valence-corrected chi connectivity index (χ3v) is 2.47. The number of carbonyl (C=O) groups excluding carboxylic acids is 2. The first-order valence-corrected chi connectivity index (χ1v) is 5.31. The summed E-state index contributed by atoms with van der Waals surface area (Å²) in [6.07, 6.45) is 2.26. The number of hydrogen-bond acceptors (Lipinski definition) is 3. The van der Waals surface area contributed by atoms with Gasteiger partial charge >= 0.3 is 6.03 Å². The first-order chi connectivity index (χ1) is 7.66. The molecule has 0 atom stereocenters. The number of amides is 3. The van der Waals surface area contributed by atoms with Gasteiger partial charge in [-0.05, 0) is 12.8 Å². The average molecular weight is 353 g/mol. The van der Waals surface area contributed by atoms with Crippen molar-refractivity contribution in [1.82, 2.24) is 15.5 Å². The summed E-state index contributed by atoms with van der Waals surface area (Å²) in [6, 6.07) is 0.106. The van der Waals surface area contributed by atoms with Gasteiger partial charge in [0.2, 0.25) is 5.91 Å². The minimum atomic E-state index is -0.353. The van der Waals surface area contributed by atoms with Crippen molar-refractivity contribution in [2.45, 2.75) is 18.9 Å². The Morgan fingerprint density at radius 1 is 1.53 bits per heavy atom. The van der Waals surface area contributed by atoms with Crippen molar-refractivity contribution < 1.29 is 9.59 Å². The third kappa shape index (κ3) is 4.02. The number of hydrogen-bond donors (Lipinski definition) is 3. The molecular weight excluding hydrogens is 337 g/mol. The second kappa shape index (κ2) is 6.03. The van der Waals surface area contributed by atoms with Crippen molar-refractivity contribution in [3.63, 3.8) is 0 Å². The summed E-state index contributed by atoms with van der Waals surface area (Å²) in [5, 5.41) is 5.47. The van der Waals surface area contributed by atoms with Crippen LogP contribution >= 0.6 is 24.0 Å². The first-order valence-electron chi connectivity index (χ1n) is 5.31. The van der Waals surface area contributed by atoms with Gasteiger partial charge in [0.1, 0.15) is 0 Å². The van der Waals surface area contributed by atoms with Crippen molar-refractivity contribution in [1.29, 1.82) is 0 Å². The minimum absolute atomic E-state index is 0. The number of aliphatic imine (C=N–C) groups is 1. The van der Waals surface area contributed by atoms with Gasteiger partial charge < -0.3 is 16.4 Å². The van der Waals surface area contributed by atoms with Crippen LogP contribution in [0, 0.1) is 0 Å². The molecule has 8 heteroatoms. The van der Waals surface area contributed by atoms with E-state index in [1.54, 1.807) is 0 Å². The van der Waals surface area contributed by atoms with E-state index in [-0.39, 0.29) is 49.0 Å². The monoisotopic (exact) mass is 353 g/mol. The molecule has 0 aromatic carbocycles. The van der Waals surface area contributed by atoms with Gasteiger partial charge in [-0.25, -0.2) is 4.79 Å². The van der Waals surface area contributed by atoms with Gasteiger partial charge in [-0.3, -0.25) is 14.7 Å². The van der Waals surface area contributed by atoms with E-state index < -0.39 is 0 Å². The highest BCUT2D eigenvalue weighted by Crippen LogP contribution is 2.17. The van der Waals surface area contributed by atoms with Crippen LogP contribution in [0.15, 0.2) is 4.99 Å². The molecule has 2 rings (SSSR count). The van der Waals surface area contributed by atoms with Gasteiger partial charge in [0, 0.05) is 6.04 Å². The van der Waals surface area contributed by atoms with Gasteiger partial charge in [0.05, 0.1) is 19.6 Å². The summed E-state index contributed by atoms with van der Waals surface area (Å²) in [7, 11) is 0. The maximum Gasteiger partial charge on any atom is 0.324 e. The fourth-order valence-electron chi connectivity index (χ4n) is 1.43. The summed E-state index contributed by atoms with van der Waals surface area (Å²) in [4.78, 5) is 27.5. The Morgan fingerprint density at radius 2 is 2.24 bits per heavy atom. The van der Waals surface area contributed by atoms with Crippen molar-refractivity contribution in [3.8, 4) is 0 Å². The molecule has 7 nitrogen and oxygen atoms in total. The number of nitrogens with two attached hydrogens (primary N) is 1. The van der Waals surface area contributed by atoms with Crippen LogP contribution in [-0.4, -0.2) is 48.5 Å². The summed E-state index contributed by atoms with van der Waals surface area (Å²) in [6.45, 7) is 0.695. The minimum Gasteiger partial charge on any atom is -0.370 e. The van der Waals surface area contributed by atoms with Crippen molar-refractivity contribution >= 4 is 41.9 Å². The average Bonchev–Trinajstić information content (AvgIpc) is 2.99. The van der Waals surface area contributed by atoms with E-state index >= 15 is 0 Å². The molecule has 96 valence electrons.